The number of carbonyl (C=O) groups excluding carboxylic acids is 1. The SMILES string of the molecule is O=C(Nc1ccc([C@@H]2O[C@H](CSc3ncn[nH]3)C[C@H](c3ccc(CO)cc3)O2)cc1)c1cnc2ccccc2n1. The lowest BCUT2D eigenvalue weighted by Gasteiger charge is -2.36. The van der Waals surface area contributed by atoms with Crippen LogP contribution in [-0.4, -0.2) is 48.0 Å². The first-order valence-corrected chi connectivity index (χ1v) is 13.7. The summed E-state index contributed by atoms with van der Waals surface area (Å²) in [6.07, 6.45) is 2.71. The van der Waals surface area contributed by atoms with E-state index in [1.807, 2.05) is 72.8 Å². The first-order valence-electron chi connectivity index (χ1n) is 12.8. The van der Waals surface area contributed by atoms with Crippen LogP contribution in [0.2, 0.25) is 0 Å². The van der Waals surface area contributed by atoms with Gasteiger partial charge in [-0.05, 0) is 35.4 Å². The Morgan fingerprint density at radius 3 is 2.50 bits per heavy atom. The molecular formula is C29H26N6O4S. The van der Waals surface area contributed by atoms with Crippen molar-refractivity contribution in [3.05, 3.63) is 108 Å². The molecule has 5 aromatic rings. The third kappa shape index (κ3) is 6.02. The maximum Gasteiger partial charge on any atom is 0.275 e. The molecule has 1 amide bonds. The zero-order valence-corrected chi connectivity index (χ0v) is 22.1. The summed E-state index contributed by atoms with van der Waals surface area (Å²) < 4.78 is 12.7. The molecule has 3 atom stereocenters. The molecule has 10 nitrogen and oxygen atoms in total. The number of amides is 1. The van der Waals surface area contributed by atoms with Gasteiger partial charge in [-0.1, -0.05) is 60.3 Å². The number of benzene rings is 3. The van der Waals surface area contributed by atoms with Crippen LogP contribution in [0.15, 0.2) is 90.5 Å². The number of aromatic nitrogens is 5. The molecule has 0 radical (unpaired) electrons. The fourth-order valence-electron chi connectivity index (χ4n) is 4.44. The first kappa shape index (κ1) is 26.1. The number of ether oxygens (including phenoxy) is 2. The van der Waals surface area contributed by atoms with E-state index in [0.717, 1.165) is 27.4 Å². The monoisotopic (exact) mass is 554 g/mol. The van der Waals surface area contributed by atoms with E-state index in [4.69, 9.17) is 9.47 Å². The van der Waals surface area contributed by atoms with Crippen molar-refractivity contribution >= 4 is 34.4 Å². The molecule has 0 bridgehead atoms. The number of carbonyl (C=O) groups is 1. The lowest BCUT2D eigenvalue weighted by molar-refractivity contribution is -0.245. The number of nitrogens with one attached hydrogen (secondary N) is 2. The van der Waals surface area contributed by atoms with Gasteiger partial charge in [-0.15, -0.1) is 0 Å². The molecule has 1 aliphatic heterocycles. The van der Waals surface area contributed by atoms with Gasteiger partial charge >= 0.3 is 0 Å². The Balaban J connectivity index is 1.16. The number of aliphatic hydroxyl groups excluding tert-OH is 1. The van der Waals surface area contributed by atoms with Gasteiger partial charge in [0.2, 0.25) is 0 Å². The molecule has 0 spiro atoms. The summed E-state index contributed by atoms with van der Waals surface area (Å²) in [6.45, 7) is -0.00961. The zero-order valence-electron chi connectivity index (χ0n) is 21.3. The van der Waals surface area contributed by atoms with E-state index in [0.29, 0.717) is 23.4 Å². The Bertz CT molecular complexity index is 1580. The molecule has 0 aliphatic carbocycles. The average Bonchev–Trinajstić information content (AvgIpc) is 3.54. The van der Waals surface area contributed by atoms with Crippen molar-refractivity contribution in [2.75, 3.05) is 11.1 Å². The molecule has 202 valence electrons. The fourth-order valence-corrected chi connectivity index (χ4v) is 5.24. The Morgan fingerprint density at radius 1 is 0.975 bits per heavy atom. The van der Waals surface area contributed by atoms with Gasteiger partial charge in [0.25, 0.3) is 5.91 Å². The Kier molecular flexibility index (Phi) is 7.78. The van der Waals surface area contributed by atoms with Gasteiger partial charge in [0.1, 0.15) is 12.0 Å². The van der Waals surface area contributed by atoms with Crippen LogP contribution in [-0.2, 0) is 16.1 Å². The molecule has 3 N–H and O–H groups in total. The van der Waals surface area contributed by atoms with Crippen LogP contribution >= 0.6 is 11.8 Å². The second-order valence-electron chi connectivity index (χ2n) is 9.27. The van der Waals surface area contributed by atoms with Crippen LogP contribution in [0.4, 0.5) is 5.69 Å². The molecule has 1 fully saturated rings. The number of H-pyrrole nitrogens is 1. The zero-order chi connectivity index (χ0) is 27.3. The van der Waals surface area contributed by atoms with Gasteiger partial charge in [0, 0.05) is 23.4 Å². The van der Waals surface area contributed by atoms with Gasteiger partial charge in [-0.2, -0.15) is 5.10 Å². The normalized spacial score (nSPS) is 19.0. The summed E-state index contributed by atoms with van der Waals surface area (Å²) in [4.78, 5) is 25.7. The number of anilines is 1. The highest BCUT2D eigenvalue weighted by Crippen LogP contribution is 2.39. The molecule has 1 aliphatic rings. The smallest absolute Gasteiger partial charge is 0.275 e. The van der Waals surface area contributed by atoms with Crippen molar-refractivity contribution in [3.8, 4) is 0 Å². The molecule has 3 aromatic carbocycles. The van der Waals surface area contributed by atoms with Gasteiger partial charge in [0.15, 0.2) is 11.4 Å². The van der Waals surface area contributed by atoms with Crippen molar-refractivity contribution in [2.24, 2.45) is 0 Å². The largest absolute Gasteiger partial charge is 0.392 e. The van der Waals surface area contributed by atoms with E-state index in [1.54, 1.807) is 11.8 Å². The maximum atomic E-state index is 12.8. The molecule has 6 rings (SSSR count). The number of rotatable bonds is 8. The minimum atomic E-state index is -0.604. The Hall–Kier alpha value is -4.16. The minimum Gasteiger partial charge on any atom is -0.392 e. The third-order valence-corrected chi connectivity index (χ3v) is 7.54. The third-order valence-electron chi connectivity index (χ3n) is 6.54. The Labute approximate surface area is 234 Å². The number of para-hydroxylation sites is 2. The van der Waals surface area contributed by atoms with Crippen LogP contribution in [0.5, 0.6) is 0 Å². The molecule has 2 aromatic heterocycles. The van der Waals surface area contributed by atoms with Crippen molar-refractivity contribution in [1.29, 1.82) is 0 Å². The van der Waals surface area contributed by atoms with Crippen molar-refractivity contribution < 1.29 is 19.4 Å². The number of thioether (sulfide) groups is 1. The topological polar surface area (TPSA) is 135 Å². The van der Waals surface area contributed by atoms with E-state index < -0.39 is 6.29 Å². The second-order valence-corrected chi connectivity index (χ2v) is 10.3. The van der Waals surface area contributed by atoms with E-state index >= 15 is 0 Å². The number of hydrogen-bond donors (Lipinski definition) is 3. The van der Waals surface area contributed by atoms with E-state index in [-0.39, 0.29) is 30.4 Å². The van der Waals surface area contributed by atoms with Crippen LogP contribution in [0.3, 0.4) is 0 Å². The van der Waals surface area contributed by atoms with Crippen LogP contribution < -0.4 is 5.32 Å². The summed E-state index contributed by atoms with van der Waals surface area (Å²) in [6, 6.07) is 22.6. The quantitative estimate of drug-likeness (QED) is 0.231. The second kappa shape index (κ2) is 11.9. The lowest BCUT2D eigenvalue weighted by Crippen LogP contribution is -2.31. The van der Waals surface area contributed by atoms with Crippen molar-refractivity contribution in [1.82, 2.24) is 25.1 Å². The van der Waals surface area contributed by atoms with E-state index in [9.17, 15) is 9.90 Å². The van der Waals surface area contributed by atoms with Gasteiger partial charge in [-0.25, -0.2) is 9.97 Å². The van der Waals surface area contributed by atoms with Gasteiger partial charge in [-0.3, -0.25) is 14.9 Å². The van der Waals surface area contributed by atoms with Crippen molar-refractivity contribution in [3.63, 3.8) is 0 Å². The van der Waals surface area contributed by atoms with E-state index in [1.165, 1.54) is 12.5 Å². The van der Waals surface area contributed by atoms with Gasteiger partial charge < -0.3 is 19.9 Å². The predicted octanol–water partition coefficient (Wildman–Crippen LogP) is 4.83. The van der Waals surface area contributed by atoms with Crippen LogP contribution in [0, 0.1) is 0 Å². The molecule has 0 unspecified atom stereocenters. The standard InChI is InChI=1S/C29H26N6O4S/c36-15-18-5-7-19(8-6-18)26-13-22(16-40-29-31-17-32-35-29)38-28(39-26)20-9-11-21(12-10-20)33-27(37)25-14-30-23-3-1-2-4-24(23)34-25/h1-12,14,17,22,26,28,36H,13,15-16H2,(H,33,37)(H,31,32,35)/t22-,26+,28+/m0/s1. The summed E-state index contributed by atoms with van der Waals surface area (Å²) in [5, 5.41) is 19.8. The lowest BCUT2D eigenvalue weighted by atomic mass is 10.0. The molecule has 11 heteroatoms. The highest BCUT2D eigenvalue weighted by Gasteiger charge is 2.32. The van der Waals surface area contributed by atoms with Crippen LogP contribution in [0.25, 0.3) is 11.0 Å². The highest BCUT2D eigenvalue weighted by molar-refractivity contribution is 7.99. The fraction of sp³-hybridized carbons (Fsp3) is 0.207. The first-order chi connectivity index (χ1) is 19.6. The molecule has 1 saturated heterocycles. The van der Waals surface area contributed by atoms with Crippen LogP contribution in [0.1, 0.15) is 46.0 Å². The summed E-state index contributed by atoms with van der Waals surface area (Å²) >= 11 is 1.54. The number of nitrogens with zero attached hydrogens (tertiary/aromatic N) is 4. The summed E-state index contributed by atoms with van der Waals surface area (Å²) in [5.74, 6) is 0.327. The average molecular weight is 555 g/mol. The maximum absolute atomic E-state index is 12.8. The number of aromatic amines is 1. The number of aliphatic hydroxyl groups is 1. The Morgan fingerprint density at radius 2 is 1.75 bits per heavy atom. The predicted molar refractivity (Wildman–Crippen MR) is 149 cm³/mol. The molecule has 40 heavy (non-hydrogen) atoms. The number of fused-ring (bicyclic) bond motifs is 1. The number of hydrogen-bond acceptors (Lipinski definition) is 9. The molecule has 0 saturated carbocycles. The summed E-state index contributed by atoms with van der Waals surface area (Å²) in [7, 11) is 0. The highest BCUT2D eigenvalue weighted by atomic mass is 32.2. The minimum absolute atomic E-state index is 0.00961. The van der Waals surface area contributed by atoms with E-state index in [2.05, 4.69) is 30.5 Å². The van der Waals surface area contributed by atoms with Gasteiger partial charge in [0.05, 0.1) is 36.0 Å². The molecule has 3 heterocycles. The molecular weight excluding hydrogens is 528 g/mol. The van der Waals surface area contributed by atoms with Crippen molar-refractivity contribution in [2.45, 2.75) is 36.7 Å². The summed E-state index contributed by atoms with van der Waals surface area (Å²) in [5.41, 5.74) is 4.94.